The fraction of sp³-hybridized carbons (Fsp3) is 0.263. The predicted molar refractivity (Wildman–Crippen MR) is 95.3 cm³/mol. The second-order valence-corrected chi connectivity index (χ2v) is 5.73. The van der Waals surface area contributed by atoms with E-state index in [0.717, 1.165) is 11.3 Å². The lowest BCUT2D eigenvalue weighted by Gasteiger charge is -2.07. The maximum absolute atomic E-state index is 11.9. The Balaban J connectivity index is 1.61. The van der Waals surface area contributed by atoms with Gasteiger partial charge in [-0.2, -0.15) is 4.98 Å². The molecule has 0 saturated heterocycles. The Morgan fingerprint density at radius 3 is 2.63 bits per heavy atom. The Morgan fingerprint density at radius 1 is 1.11 bits per heavy atom. The number of methoxy groups -OCH3 is 2. The first kappa shape index (κ1) is 18.4. The molecule has 0 N–H and O–H groups in total. The summed E-state index contributed by atoms with van der Waals surface area (Å²) in [4.78, 5) is 20.3. The number of aromatic nitrogens is 3. The molecule has 0 atom stereocenters. The summed E-state index contributed by atoms with van der Waals surface area (Å²) in [6.07, 6.45) is 1.78. The molecule has 140 valence electrons. The van der Waals surface area contributed by atoms with Crippen molar-refractivity contribution in [2.45, 2.75) is 20.0 Å². The van der Waals surface area contributed by atoms with Gasteiger partial charge < -0.3 is 18.7 Å². The third-order valence-corrected chi connectivity index (χ3v) is 3.79. The van der Waals surface area contributed by atoms with Crippen molar-refractivity contribution in [3.63, 3.8) is 0 Å². The molecule has 8 heteroatoms. The fourth-order valence-electron chi connectivity index (χ4n) is 2.37. The summed E-state index contributed by atoms with van der Waals surface area (Å²) in [6.45, 7) is 1.78. The van der Waals surface area contributed by atoms with Crippen LogP contribution in [0.5, 0.6) is 11.5 Å². The van der Waals surface area contributed by atoms with E-state index in [9.17, 15) is 4.79 Å². The van der Waals surface area contributed by atoms with Crippen LogP contribution in [-0.2, 0) is 22.6 Å². The maximum atomic E-state index is 11.9. The molecule has 0 spiro atoms. The number of carbonyl (C=O) groups excluding carboxylic acids is 1. The first-order chi connectivity index (χ1) is 13.1. The van der Waals surface area contributed by atoms with Gasteiger partial charge in [-0.3, -0.25) is 9.78 Å². The summed E-state index contributed by atoms with van der Waals surface area (Å²) in [7, 11) is 3.11. The predicted octanol–water partition coefficient (Wildman–Crippen LogP) is 2.74. The molecule has 2 heterocycles. The monoisotopic (exact) mass is 369 g/mol. The lowest BCUT2D eigenvalue weighted by Crippen LogP contribution is -2.08. The molecule has 0 aliphatic carbocycles. The summed E-state index contributed by atoms with van der Waals surface area (Å²) < 4.78 is 20.8. The van der Waals surface area contributed by atoms with E-state index in [1.54, 1.807) is 38.6 Å². The zero-order valence-electron chi connectivity index (χ0n) is 15.3. The SMILES string of the molecule is COc1ccc(-c2noc(COC(=O)Cc3ccc(C)nc3)n2)cc1OC. The number of benzene rings is 1. The smallest absolute Gasteiger partial charge is 0.310 e. The number of pyridine rings is 1. The van der Waals surface area contributed by atoms with Gasteiger partial charge in [0.25, 0.3) is 5.89 Å². The number of hydrogen-bond donors (Lipinski definition) is 0. The van der Waals surface area contributed by atoms with E-state index < -0.39 is 5.97 Å². The molecular formula is C19H19N3O5. The second-order valence-electron chi connectivity index (χ2n) is 5.73. The minimum absolute atomic E-state index is 0.0988. The number of hydrogen-bond acceptors (Lipinski definition) is 8. The van der Waals surface area contributed by atoms with Crippen molar-refractivity contribution in [1.29, 1.82) is 0 Å². The van der Waals surface area contributed by atoms with Crippen LogP contribution in [0.4, 0.5) is 0 Å². The standard InChI is InChI=1S/C19H19N3O5/c1-12-4-5-13(10-20-12)8-18(23)26-11-17-21-19(22-27-17)14-6-7-15(24-2)16(9-14)25-3/h4-7,9-10H,8,11H2,1-3H3. The number of ether oxygens (including phenoxy) is 3. The van der Waals surface area contributed by atoms with Crippen molar-refractivity contribution >= 4 is 5.97 Å². The van der Waals surface area contributed by atoms with Crippen LogP contribution in [0.1, 0.15) is 17.1 Å². The molecule has 0 amide bonds. The molecule has 2 aromatic heterocycles. The number of carbonyl (C=O) groups is 1. The molecule has 0 aliphatic rings. The Labute approximate surface area is 156 Å². The number of nitrogens with zero attached hydrogens (tertiary/aromatic N) is 3. The van der Waals surface area contributed by atoms with Crippen molar-refractivity contribution in [1.82, 2.24) is 15.1 Å². The molecule has 0 radical (unpaired) electrons. The molecule has 0 bridgehead atoms. The van der Waals surface area contributed by atoms with Gasteiger partial charge in [-0.15, -0.1) is 0 Å². The normalized spacial score (nSPS) is 10.5. The summed E-state index contributed by atoms with van der Waals surface area (Å²) >= 11 is 0. The van der Waals surface area contributed by atoms with Crippen molar-refractivity contribution < 1.29 is 23.5 Å². The highest BCUT2D eigenvalue weighted by Gasteiger charge is 2.14. The van der Waals surface area contributed by atoms with E-state index in [0.29, 0.717) is 22.9 Å². The van der Waals surface area contributed by atoms with Crippen molar-refractivity contribution in [2.75, 3.05) is 14.2 Å². The Kier molecular flexibility index (Phi) is 5.65. The summed E-state index contributed by atoms with van der Waals surface area (Å²) in [5.74, 6) is 1.33. The Morgan fingerprint density at radius 2 is 1.93 bits per heavy atom. The number of esters is 1. The van der Waals surface area contributed by atoms with Crippen molar-refractivity contribution in [3.8, 4) is 22.9 Å². The third kappa shape index (κ3) is 4.60. The van der Waals surface area contributed by atoms with E-state index in [1.165, 1.54) is 0 Å². The van der Waals surface area contributed by atoms with E-state index in [1.807, 2.05) is 19.1 Å². The van der Waals surface area contributed by atoms with Gasteiger partial charge in [0.05, 0.1) is 20.6 Å². The van der Waals surface area contributed by atoms with E-state index in [4.69, 9.17) is 18.7 Å². The van der Waals surface area contributed by atoms with Crippen LogP contribution >= 0.6 is 0 Å². The number of aryl methyl sites for hydroxylation is 1. The van der Waals surface area contributed by atoms with Gasteiger partial charge in [0.1, 0.15) is 0 Å². The molecule has 27 heavy (non-hydrogen) atoms. The molecule has 0 saturated carbocycles. The molecule has 1 aromatic carbocycles. The van der Waals surface area contributed by atoms with E-state index in [-0.39, 0.29) is 18.9 Å². The molecule has 0 fully saturated rings. The lowest BCUT2D eigenvalue weighted by atomic mass is 10.2. The van der Waals surface area contributed by atoms with Crippen molar-refractivity contribution in [3.05, 3.63) is 53.7 Å². The van der Waals surface area contributed by atoms with Gasteiger partial charge in [0, 0.05) is 17.5 Å². The highest BCUT2D eigenvalue weighted by Crippen LogP contribution is 2.31. The first-order valence-corrected chi connectivity index (χ1v) is 8.21. The highest BCUT2D eigenvalue weighted by atomic mass is 16.6. The van der Waals surface area contributed by atoms with Crippen LogP contribution in [0.3, 0.4) is 0 Å². The Hall–Kier alpha value is -3.42. The van der Waals surface area contributed by atoms with E-state index >= 15 is 0 Å². The molecule has 0 unspecified atom stereocenters. The summed E-state index contributed by atoms with van der Waals surface area (Å²) in [5.41, 5.74) is 2.36. The third-order valence-electron chi connectivity index (χ3n) is 3.79. The maximum Gasteiger partial charge on any atom is 0.310 e. The molecule has 3 aromatic rings. The summed E-state index contributed by atoms with van der Waals surface area (Å²) in [6, 6.07) is 8.96. The van der Waals surface area contributed by atoms with Crippen LogP contribution in [0.15, 0.2) is 41.1 Å². The molecule has 8 nitrogen and oxygen atoms in total. The van der Waals surface area contributed by atoms with Crippen molar-refractivity contribution in [2.24, 2.45) is 0 Å². The highest BCUT2D eigenvalue weighted by molar-refractivity contribution is 5.72. The van der Waals surface area contributed by atoms with Gasteiger partial charge in [-0.1, -0.05) is 11.2 Å². The van der Waals surface area contributed by atoms with Crippen LogP contribution in [0.25, 0.3) is 11.4 Å². The van der Waals surface area contributed by atoms with Crippen LogP contribution in [-0.4, -0.2) is 35.3 Å². The number of rotatable bonds is 7. The minimum atomic E-state index is -0.397. The van der Waals surface area contributed by atoms with Gasteiger partial charge in [-0.05, 0) is 36.8 Å². The quantitative estimate of drug-likeness (QED) is 0.587. The lowest BCUT2D eigenvalue weighted by molar-refractivity contribution is -0.144. The average Bonchev–Trinajstić information content (AvgIpc) is 3.16. The topological polar surface area (TPSA) is 96.6 Å². The largest absolute Gasteiger partial charge is 0.493 e. The average molecular weight is 369 g/mol. The summed E-state index contributed by atoms with van der Waals surface area (Å²) in [5, 5.41) is 3.91. The van der Waals surface area contributed by atoms with Crippen LogP contribution in [0, 0.1) is 6.92 Å². The van der Waals surface area contributed by atoms with Crippen LogP contribution in [0.2, 0.25) is 0 Å². The van der Waals surface area contributed by atoms with E-state index in [2.05, 4.69) is 15.1 Å². The molecule has 3 rings (SSSR count). The molecular weight excluding hydrogens is 350 g/mol. The van der Waals surface area contributed by atoms with Gasteiger partial charge >= 0.3 is 5.97 Å². The van der Waals surface area contributed by atoms with Crippen LogP contribution < -0.4 is 9.47 Å². The zero-order chi connectivity index (χ0) is 19.2. The fourth-order valence-corrected chi connectivity index (χ4v) is 2.37. The van der Waals surface area contributed by atoms with Gasteiger partial charge in [0.2, 0.25) is 5.82 Å². The van der Waals surface area contributed by atoms with Gasteiger partial charge in [0.15, 0.2) is 18.1 Å². The zero-order valence-corrected chi connectivity index (χ0v) is 15.3. The second kappa shape index (κ2) is 8.31. The minimum Gasteiger partial charge on any atom is -0.493 e. The molecule has 0 aliphatic heterocycles. The first-order valence-electron chi connectivity index (χ1n) is 8.21. The Bertz CT molecular complexity index is 921. The van der Waals surface area contributed by atoms with Gasteiger partial charge in [-0.25, -0.2) is 0 Å².